The maximum Gasteiger partial charge on any atom is 0.275 e. The van der Waals surface area contributed by atoms with Crippen molar-refractivity contribution in [2.45, 2.75) is 12.8 Å². The monoisotopic (exact) mass is 376 g/mol. The van der Waals surface area contributed by atoms with Crippen LogP contribution < -0.4 is 10.6 Å². The number of carbonyl (C=O) groups is 1. The van der Waals surface area contributed by atoms with E-state index in [2.05, 4.69) is 32.7 Å². The molecule has 0 atom stereocenters. The Labute approximate surface area is 162 Å². The van der Waals surface area contributed by atoms with E-state index < -0.39 is 0 Å². The van der Waals surface area contributed by atoms with Crippen LogP contribution in [0.5, 0.6) is 0 Å². The van der Waals surface area contributed by atoms with Crippen molar-refractivity contribution in [3.8, 4) is 0 Å². The number of nitrogens with zero attached hydrogens (tertiary/aromatic N) is 2. The number of thiazole rings is 1. The summed E-state index contributed by atoms with van der Waals surface area (Å²) in [4.78, 5) is 21.5. The highest BCUT2D eigenvalue weighted by molar-refractivity contribution is 7.09. The first-order chi connectivity index (χ1) is 13.3. The minimum atomic E-state index is -0.193. The Morgan fingerprint density at radius 1 is 1.15 bits per heavy atom. The molecule has 27 heavy (non-hydrogen) atoms. The molecule has 2 heterocycles. The fourth-order valence-electron chi connectivity index (χ4n) is 2.93. The molecule has 1 aromatic heterocycles. The van der Waals surface area contributed by atoms with Crippen molar-refractivity contribution < 1.29 is 4.79 Å². The van der Waals surface area contributed by atoms with Crippen molar-refractivity contribution in [1.29, 1.82) is 0 Å². The molecule has 3 aromatic rings. The molecule has 4 rings (SSSR count). The predicted molar refractivity (Wildman–Crippen MR) is 110 cm³/mol. The summed E-state index contributed by atoms with van der Waals surface area (Å²) >= 11 is 1.51. The molecule has 0 unspecified atom stereocenters. The van der Waals surface area contributed by atoms with Gasteiger partial charge >= 0.3 is 0 Å². The molecule has 0 saturated carbocycles. The molecule has 0 aliphatic carbocycles. The lowest BCUT2D eigenvalue weighted by molar-refractivity contribution is 0.102. The average Bonchev–Trinajstić information content (AvgIpc) is 3.18. The van der Waals surface area contributed by atoms with Crippen LogP contribution in [0.25, 0.3) is 0 Å². The molecule has 1 aliphatic rings. The summed E-state index contributed by atoms with van der Waals surface area (Å²) in [5.41, 5.74) is 3.36. The van der Waals surface area contributed by atoms with Crippen LogP contribution in [0.3, 0.4) is 0 Å². The van der Waals surface area contributed by atoms with Crippen molar-refractivity contribution in [3.63, 3.8) is 0 Å². The minimum absolute atomic E-state index is 0.193. The molecular weight excluding hydrogens is 356 g/mol. The second-order valence-corrected chi connectivity index (χ2v) is 7.28. The molecular formula is C21H20N4OS. The predicted octanol–water partition coefficient (Wildman–Crippen LogP) is 3.73. The van der Waals surface area contributed by atoms with Gasteiger partial charge in [-0.15, -0.1) is 11.3 Å². The van der Waals surface area contributed by atoms with E-state index in [9.17, 15) is 4.79 Å². The van der Waals surface area contributed by atoms with Crippen molar-refractivity contribution in [1.82, 2.24) is 10.3 Å². The summed E-state index contributed by atoms with van der Waals surface area (Å²) in [5, 5.41) is 8.98. The molecule has 1 amide bonds. The molecule has 2 N–H and O–H groups in total. The van der Waals surface area contributed by atoms with Crippen LogP contribution in [-0.4, -0.2) is 29.8 Å². The molecule has 0 fully saturated rings. The Hall–Kier alpha value is -2.99. The van der Waals surface area contributed by atoms with Gasteiger partial charge in [-0.2, -0.15) is 0 Å². The maximum atomic E-state index is 12.6. The molecule has 136 valence electrons. The highest BCUT2D eigenvalue weighted by atomic mass is 32.1. The van der Waals surface area contributed by atoms with E-state index in [-0.39, 0.29) is 5.91 Å². The number of anilines is 1. The third-order valence-corrected chi connectivity index (χ3v) is 5.12. The number of aliphatic imine (C=N–C) groups is 1. The fraction of sp³-hybridized carbons (Fsp3) is 0.190. The summed E-state index contributed by atoms with van der Waals surface area (Å²) in [7, 11) is 0. The number of aromatic nitrogens is 1. The van der Waals surface area contributed by atoms with Gasteiger partial charge in [0.2, 0.25) is 0 Å². The lowest BCUT2D eigenvalue weighted by Gasteiger charge is -2.15. The quantitative estimate of drug-likeness (QED) is 0.713. The van der Waals surface area contributed by atoms with E-state index in [1.54, 1.807) is 0 Å². The Kier molecular flexibility index (Phi) is 5.25. The number of amides is 1. The smallest absolute Gasteiger partial charge is 0.275 e. The maximum absolute atomic E-state index is 12.6. The number of benzene rings is 2. The van der Waals surface area contributed by atoms with Gasteiger partial charge in [-0.1, -0.05) is 42.5 Å². The zero-order chi connectivity index (χ0) is 18.5. The van der Waals surface area contributed by atoms with Gasteiger partial charge in [-0.25, -0.2) is 4.98 Å². The van der Waals surface area contributed by atoms with E-state index in [0.717, 1.165) is 48.0 Å². The molecule has 0 radical (unpaired) electrons. The van der Waals surface area contributed by atoms with Gasteiger partial charge < -0.3 is 10.6 Å². The number of carbonyl (C=O) groups excluding carboxylic acids is 1. The number of nitrogens with one attached hydrogen (secondary N) is 2. The zero-order valence-electron chi connectivity index (χ0n) is 14.8. The molecule has 1 aliphatic heterocycles. The Balaban J connectivity index is 1.44. The average molecular weight is 376 g/mol. The van der Waals surface area contributed by atoms with Gasteiger partial charge in [0, 0.05) is 36.1 Å². The van der Waals surface area contributed by atoms with Crippen molar-refractivity contribution in [2.24, 2.45) is 4.99 Å². The number of hydrogen-bond donors (Lipinski definition) is 2. The Morgan fingerprint density at radius 3 is 2.85 bits per heavy atom. The summed E-state index contributed by atoms with van der Waals surface area (Å²) in [6, 6.07) is 17.9. The third kappa shape index (κ3) is 4.41. The zero-order valence-corrected chi connectivity index (χ0v) is 15.6. The minimum Gasteiger partial charge on any atom is -0.370 e. The Bertz CT molecular complexity index is 965. The van der Waals surface area contributed by atoms with Crippen LogP contribution in [0, 0.1) is 0 Å². The van der Waals surface area contributed by atoms with Gasteiger partial charge in [0.15, 0.2) is 0 Å². The summed E-state index contributed by atoms with van der Waals surface area (Å²) in [6.45, 7) is 1.76. The van der Waals surface area contributed by atoms with E-state index in [1.807, 2.05) is 47.8 Å². The van der Waals surface area contributed by atoms with Crippen molar-refractivity contribution in [3.05, 3.63) is 81.8 Å². The molecule has 0 spiro atoms. The number of rotatable bonds is 5. The van der Waals surface area contributed by atoms with Gasteiger partial charge in [0.1, 0.15) is 11.5 Å². The Morgan fingerprint density at radius 2 is 2.04 bits per heavy atom. The second kappa shape index (κ2) is 8.14. The fourth-order valence-corrected chi connectivity index (χ4v) is 3.74. The molecule has 2 aromatic carbocycles. The topological polar surface area (TPSA) is 66.4 Å². The SMILES string of the molecule is O=C(Nc1cccc(C2=NCCCN2)c1)c1csc(Cc2ccccc2)n1. The normalized spacial score (nSPS) is 13.6. The largest absolute Gasteiger partial charge is 0.370 e. The summed E-state index contributed by atoms with van der Waals surface area (Å²) in [5.74, 6) is 0.692. The van der Waals surface area contributed by atoms with Gasteiger partial charge in [-0.3, -0.25) is 9.79 Å². The van der Waals surface area contributed by atoms with Crippen molar-refractivity contribution in [2.75, 3.05) is 18.4 Å². The first-order valence-electron chi connectivity index (χ1n) is 8.96. The highest BCUT2D eigenvalue weighted by Gasteiger charge is 2.13. The van der Waals surface area contributed by atoms with Crippen LogP contribution in [0.2, 0.25) is 0 Å². The third-order valence-electron chi connectivity index (χ3n) is 4.27. The van der Waals surface area contributed by atoms with Gasteiger partial charge in [0.05, 0.1) is 5.01 Å². The standard InChI is InChI=1S/C21H20N4OS/c26-21(18-14-27-19(25-18)12-15-6-2-1-3-7-15)24-17-9-4-8-16(13-17)20-22-10-5-11-23-20/h1-4,6-9,13-14H,5,10-12H2,(H,22,23)(H,24,26). The van der Waals surface area contributed by atoms with E-state index in [0.29, 0.717) is 5.69 Å². The number of hydrogen-bond acceptors (Lipinski definition) is 5. The number of amidine groups is 1. The molecule has 0 bridgehead atoms. The second-order valence-electron chi connectivity index (χ2n) is 6.33. The molecule has 0 saturated heterocycles. The van der Waals surface area contributed by atoms with Gasteiger partial charge in [0.25, 0.3) is 5.91 Å². The van der Waals surface area contributed by atoms with Crippen LogP contribution in [-0.2, 0) is 6.42 Å². The summed E-state index contributed by atoms with van der Waals surface area (Å²) in [6.07, 6.45) is 1.79. The van der Waals surface area contributed by atoms with Crippen LogP contribution in [0.1, 0.15) is 33.0 Å². The molecule has 6 heteroatoms. The van der Waals surface area contributed by atoms with E-state index in [1.165, 1.54) is 16.9 Å². The highest BCUT2D eigenvalue weighted by Crippen LogP contribution is 2.17. The lowest BCUT2D eigenvalue weighted by atomic mass is 10.1. The van der Waals surface area contributed by atoms with Crippen LogP contribution in [0.4, 0.5) is 5.69 Å². The first-order valence-corrected chi connectivity index (χ1v) is 9.84. The first kappa shape index (κ1) is 17.4. The summed E-state index contributed by atoms with van der Waals surface area (Å²) < 4.78 is 0. The van der Waals surface area contributed by atoms with Crippen LogP contribution in [0.15, 0.2) is 65.0 Å². The van der Waals surface area contributed by atoms with Crippen LogP contribution >= 0.6 is 11.3 Å². The lowest BCUT2D eigenvalue weighted by Crippen LogP contribution is -2.30. The van der Waals surface area contributed by atoms with Gasteiger partial charge in [-0.05, 0) is 24.1 Å². The van der Waals surface area contributed by atoms with E-state index in [4.69, 9.17) is 0 Å². The van der Waals surface area contributed by atoms with E-state index >= 15 is 0 Å². The van der Waals surface area contributed by atoms with Crippen molar-refractivity contribution >= 4 is 28.8 Å². The molecule has 5 nitrogen and oxygen atoms in total.